The quantitative estimate of drug-likeness (QED) is 0.921. The summed E-state index contributed by atoms with van der Waals surface area (Å²) in [6.45, 7) is 2.39. The van der Waals surface area contributed by atoms with Crippen LogP contribution in [-0.4, -0.2) is 10.5 Å². The molecule has 0 unspecified atom stereocenters. The predicted octanol–water partition coefficient (Wildman–Crippen LogP) is 3.06. The summed E-state index contributed by atoms with van der Waals surface area (Å²) in [5, 5.41) is 2.87. The molecule has 0 atom stereocenters. The molecule has 1 aromatic carbocycles. The minimum absolute atomic E-state index is 0.112. The zero-order valence-electron chi connectivity index (χ0n) is 10.7. The second kappa shape index (κ2) is 5.45. The van der Waals surface area contributed by atoms with Crippen molar-refractivity contribution in [3.63, 3.8) is 0 Å². The van der Waals surface area contributed by atoms with Gasteiger partial charge in [0.05, 0.1) is 17.1 Å². The Morgan fingerprint density at radius 2 is 2.11 bits per heavy atom. The van der Waals surface area contributed by atoms with Crippen LogP contribution in [0.4, 0.5) is 4.39 Å². The smallest absolute Gasteiger partial charge is 0.253 e. The van der Waals surface area contributed by atoms with Gasteiger partial charge in [0.15, 0.2) is 0 Å². The summed E-state index contributed by atoms with van der Waals surface area (Å²) >= 11 is 5.84. The third kappa shape index (κ3) is 2.96. The summed E-state index contributed by atoms with van der Waals surface area (Å²) in [5.41, 5.74) is 2.38. The first kappa shape index (κ1) is 13.6. The van der Waals surface area contributed by atoms with Gasteiger partial charge in [-0.3, -0.25) is 4.79 Å². The van der Waals surface area contributed by atoms with Gasteiger partial charge in [0.2, 0.25) is 0 Å². The number of nitrogens with zero attached hydrogens (tertiary/aromatic N) is 1. The normalized spacial score (nSPS) is 10.5. The van der Waals surface area contributed by atoms with Crippen molar-refractivity contribution < 1.29 is 9.18 Å². The minimum Gasteiger partial charge on any atom is -0.350 e. The molecule has 0 bridgehead atoms. The molecular formula is C14H14ClFN2O. The highest BCUT2D eigenvalue weighted by Gasteiger charge is 2.11. The van der Waals surface area contributed by atoms with Crippen LogP contribution in [0.15, 0.2) is 30.3 Å². The molecule has 1 amide bonds. The van der Waals surface area contributed by atoms with Crippen LogP contribution in [-0.2, 0) is 13.6 Å². The Hall–Kier alpha value is -1.81. The number of aryl methyl sites for hydroxylation is 1. The molecule has 1 heterocycles. The number of aromatic nitrogens is 1. The molecule has 100 valence electrons. The molecule has 0 saturated carbocycles. The van der Waals surface area contributed by atoms with Gasteiger partial charge in [-0.05, 0) is 37.3 Å². The number of benzene rings is 1. The largest absolute Gasteiger partial charge is 0.350 e. The van der Waals surface area contributed by atoms with E-state index in [9.17, 15) is 9.18 Å². The molecule has 1 N–H and O–H groups in total. The molecule has 0 aliphatic heterocycles. The van der Waals surface area contributed by atoms with Crippen LogP contribution in [0.3, 0.4) is 0 Å². The van der Waals surface area contributed by atoms with Crippen molar-refractivity contribution in [1.82, 2.24) is 9.88 Å². The van der Waals surface area contributed by atoms with Gasteiger partial charge in [-0.2, -0.15) is 0 Å². The Kier molecular flexibility index (Phi) is 3.90. The monoisotopic (exact) mass is 280 g/mol. The maximum atomic E-state index is 12.9. The maximum Gasteiger partial charge on any atom is 0.253 e. The molecule has 2 aromatic rings. The van der Waals surface area contributed by atoms with E-state index < -0.39 is 5.82 Å². The average Bonchev–Trinajstić information content (AvgIpc) is 2.67. The molecule has 19 heavy (non-hydrogen) atoms. The van der Waals surface area contributed by atoms with E-state index in [4.69, 9.17) is 11.6 Å². The fourth-order valence-electron chi connectivity index (χ4n) is 1.78. The lowest BCUT2D eigenvalue weighted by Gasteiger charge is -2.08. The molecular weight excluding hydrogens is 267 g/mol. The van der Waals surface area contributed by atoms with Gasteiger partial charge < -0.3 is 9.88 Å². The highest BCUT2D eigenvalue weighted by molar-refractivity contribution is 6.33. The summed E-state index contributed by atoms with van der Waals surface area (Å²) in [6.07, 6.45) is 0. The molecule has 5 heteroatoms. The fourth-order valence-corrected chi connectivity index (χ4v) is 2.04. The summed E-state index contributed by atoms with van der Waals surface area (Å²) in [5.74, 6) is -0.775. The average molecular weight is 281 g/mol. The van der Waals surface area contributed by atoms with Gasteiger partial charge in [0.1, 0.15) is 5.82 Å². The Morgan fingerprint density at radius 3 is 2.68 bits per heavy atom. The van der Waals surface area contributed by atoms with Crippen molar-refractivity contribution in [2.24, 2.45) is 7.05 Å². The van der Waals surface area contributed by atoms with Gasteiger partial charge >= 0.3 is 0 Å². The standard InChI is InChI=1S/C14H14ClFN2O/c1-9-3-5-11(18(9)2)8-17-14(19)12-6-4-10(16)7-13(12)15/h3-7H,8H2,1-2H3,(H,17,19). The van der Waals surface area contributed by atoms with Gasteiger partial charge in [-0.25, -0.2) is 4.39 Å². The van der Waals surface area contributed by atoms with Gasteiger partial charge in [-0.1, -0.05) is 11.6 Å². The van der Waals surface area contributed by atoms with E-state index in [0.717, 1.165) is 17.5 Å². The number of rotatable bonds is 3. The van der Waals surface area contributed by atoms with Crippen LogP contribution in [0, 0.1) is 12.7 Å². The topological polar surface area (TPSA) is 34.0 Å². The summed E-state index contributed by atoms with van der Waals surface area (Å²) < 4.78 is 14.9. The lowest BCUT2D eigenvalue weighted by Crippen LogP contribution is -2.24. The Bertz CT molecular complexity index is 622. The third-order valence-corrected chi connectivity index (χ3v) is 3.40. The second-order valence-corrected chi connectivity index (χ2v) is 4.74. The minimum atomic E-state index is -0.459. The fraction of sp³-hybridized carbons (Fsp3) is 0.214. The van der Waals surface area contributed by atoms with E-state index in [1.807, 2.05) is 30.7 Å². The molecule has 0 radical (unpaired) electrons. The summed E-state index contributed by atoms with van der Waals surface area (Å²) in [6, 6.07) is 7.65. The molecule has 0 aliphatic carbocycles. The van der Waals surface area contributed by atoms with Crippen molar-refractivity contribution in [1.29, 1.82) is 0 Å². The SMILES string of the molecule is Cc1ccc(CNC(=O)c2ccc(F)cc2Cl)n1C. The molecule has 2 rings (SSSR count). The Morgan fingerprint density at radius 1 is 1.37 bits per heavy atom. The van der Waals surface area contributed by atoms with Gasteiger partial charge in [0, 0.05) is 18.4 Å². The lowest BCUT2D eigenvalue weighted by atomic mass is 10.2. The highest BCUT2D eigenvalue weighted by atomic mass is 35.5. The first-order chi connectivity index (χ1) is 8.99. The van der Waals surface area contributed by atoms with E-state index >= 15 is 0 Å². The molecule has 0 aliphatic rings. The molecule has 1 aromatic heterocycles. The van der Waals surface area contributed by atoms with Gasteiger partial charge in [-0.15, -0.1) is 0 Å². The summed E-state index contributed by atoms with van der Waals surface area (Å²) in [4.78, 5) is 11.9. The van der Waals surface area contributed by atoms with Crippen molar-refractivity contribution in [2.45, 2.75) is 13.5 Å². The van der Waals surface area contributed by atoms with E-state index in [0.29, 0.717) is 6.54 Å². The zero-order valence-corrected chi connectivity index (χ0v) is 11.5. The highest BCUT2D eigenvalue weighted by Crippen LogP contribution is 2.17. The second-order valence-electron chi connectivity index (χ2n) is 4.33. The van der Waals surface area contributed by atoms with Crippen LogP contribution in [0.1, 0.15) is 21.7 Å². The van der Waals surface area contributed by atoms with E-state index in [2.05, 4.69) is 5.32 Å². The van der Waals surface area contributed by atoms with Crippen LogP contribution >= 0.6 is 11.6 Å². The van der Waals surface area contributed by atoms with Crippen molar-refractivity contribution >= 4 is 17.5 Å². The predicted molar refractivity (Wildman–Crippen MR) is 72.7 cm³/mol. The number of halogens is 2. The first-order valence-electron chi connectivity index (χ1n) is 5.83. The number of carbonyl (C=O) groups is 1. The van der Waals surface area contributed by atoms with Crippen LogP contribution in [0.5, 0.6) is 0 Å². The number of nitrogens with one attached hydrogen (secondary N) is 1. The van der Waals surface area contributed by atoms with Crippen LogP contribution < -0.4 is 5.32 Å². The number of hydrogen-bond acceptors (Lipinski definition) is 1. The molecule has 0 spiro atoms. The van der Waals surface area contributed by atoms with E-state index in [-0.39, 0.29) is 16.5 Å². The van der Waals surface area contributed by atoms with E-state index in [1.165, 1.54) is 12.1 Å². The van der Waals surface area contributed by atoms with Crippen LogP contribution in [0.25, 0.3) is 0 Å². The summed E-state index contributed by atoms with van der Waals surface area (Å²) in [7, 11) is 1.93. The third-order valence-electron chi connectivity index (χ3n) is 3.08. The molecule has 0 fully saturated rings. The zero-order chi connectivity index (χ0) is 14.0. The molecule has 0 saturated heterocycles. The number of carbonyl (C=O) groups excluding carboxylic acids is 1. The van der Waals surface area contributed by atoms with Gasteiger partial charge in [0.25, 0.3) is 5.91 Å². The van der Waals surface area contributed by atoms with Crippen molar-refractivity contribution in [2.75, 3.05) is 0 Å². The number of amides is 1. The van der Waals surface area contributed by atoms with Crippen molar-refractivity contribution in [3.05, 3.63) is 58.1 Å². The van der Waals surface area contributed by atoms with Crippen LogP contribution in [0.2, 0.25) is 5.02 Å². The van der Waals surface area contributed by atoms with Crippen molar-refractivity contribution in [3.8, 4) is 0 Å². The number of hydrogen-bond donors (Lipinski definition) is 1. The Labute approximate surface area is 116 Å². The van der Waals surface area contributed by atoms with E-state index in [1.54, 1.807) is 0 Å². The first-order valence-corrected chi connectivity index (χ1v) is 6.21. The molecule has 3 nitrogen and oxygen atoms in total. The lowest BCUT2D eigenvalue weighted by molar-refractivity contribution is 0.0950. The maximum absolute atomic E-state index is 12.9. The Balaban J connectivity index is 2.07.